The summed E-state index contributed by atoms with van der Waals surface area (Å²) < 4.78 is 32.0. The van der Waals surface area contributed by atoms with E-state index >= 15 is 0 Å². The molecule has 7 nitrogen and oxygen atoms in total. The molecule has 0 saturated carbocycles. The summed E-state index contributed by atoms with van der Waals surface area (Å²) in [5.74, 6) is 0.573. The molecule has 3 rings (SSSR count). The average Bonchev–Trinajstić information content (AvgIpc) is 3.01. The molecule has 116 valence electrons. The van der Waals surface area contributed by atoms with Gasteiger partial charge in [-0.15, -0.1) is 0 Å². The molecule has 0 aliphatic carbocycles. The van der Waals surface area contributed by atoms with E-state index in [9.17, 15) is 13.2 Å². The molecule has 2 heterocycles. The summed E-state index contributed by atoms with van der Waals surface area (Å²) in [7, 11) is -1.99. The molecule has 22 heavy (non-hydrogen) atoms. The second kappa shape index (κ2) is 5.22. The SMILES string of the molecule is Cc1cc(CNS(=O)(=O)c2ccc3c(c2)CC(=O)N3C)no1. The number of sulfonamides is 1. The van der Waals surface area contributed by atoms with Crippen molar-refractivity contribution < 1.29 is 17.7 Å². The summed E-state index contributed by atoms with van der Waals surface area (Å²) >= 11 is 0. The quantitative estimate of drug-likeness (QED) is 0.906. The minimum atomic E-state index is -3.67. The van der Waals surface area contributed by atoms with E-state index in [1.807, 2.05) is 0 Å². The molecule has 1 aliphatic rings. The topological polar surface area (TPSA) is 92.5 Å². The largest absolute Gasteiger partial charge is 0.361 e. The van der Waals surface area contributed by atoms with Crippen LogP contribution in [-0.4, -0.2) is 26.5 Å². The summed E-state index contributed by atoms with van der Waals surface area (Å²) in [6.45, 7) is 1.79. The third-order valence-corrected chi connectivity index (χ3v) is 4.96. The van der Waals surface area contributed by atoms with Crippen LogP contribution in [0.3, 0.4) is 0 Å². The Kier molecular flexibility index (Phi) is 3.50. The Labute approximate surface area is 128 Å². The lowest BCUT2D eigenvalue weighted by molar-refractivity contribution is -0.117. The van der Waals surface area contributed by atoms with Crippen molar-refractivity contribution >= 4 is 21.6 Å². The Morgan fingerprint density at radius 2 is 2.14 bits per heavy atom. The van der Waals surface area contributed by atoms with Gasteiger partial charge in [0.25, 0.3) is 0 Å². The van der Waals surface area contributed by atoms with Gasteiger partial charge in [-0.1, -0.05) is 5.16 Å². The van der Waals surface area contributed by atoms with Crippen LogP contribution >= 0.6 is 0 Å². The van der Waals surface area contributed by atoms with Gasteiger partial charge in [0.1, 0.15) is 5.76 Å². The first kappa shape index (κ1) is 14.7. The third kappa shape index (κ3) is 2.62. The van der Waals surface area contributed by atoms with Crippen LogP contribution in [-0.2, 0) is 27.8 Å². The van der Waals surface area contributed by atoms with Crippen molar-refractivity contribution in [3.63, 3.8) is 0 Å². The van der Waals surface area contributed by atoms with Gasteiger partial charge in [-0.2, -0.15) is 0 Å². The van der Waals surface area contributed by atoms with Crippen LogP contribution in [0, 0.1) is 6.92 Å². The van der Waals surface area contributed by atoms with Gasteiger partial charge in [0.05, 0.1) is 23.6 Å². The molecule has 0 fully saturated rings. The number of likely N-dealkylation sites (N-methyl/N-ethyl adjacent to an activating group) is 1. The van der Waals surface area contributed by atoms with E-state index in [4.69, 9.17) is 4.52 Å². The average molecular weight is 321 g/mol. The van der Waals surface area contributed by atoms with Gasteiger partial charge in [0.2, 0.25) is 15.9 Å². The number of hydrogen-bond donors (Lipinski definition) is 1. The summed E-state index contributed by atoms with van der Waals surface area (Å²) in [6, 6.07) is 6.34. The van der Waals surface area contributed by atoms with E-state index < -0.39 is 10.0 Å². The molecule has 0 atom stereocenters. The molecular formula is C14H15N3O4S. The molecule has 8 heteroatoms. The van der Waals surface area contributed by atoms with Gasteiger partial charge in [-0.3, -0.25) is 4.79 Å². The highest BCUT2D eigenvalue weighted by molar-refractivity contribution is 7.89. The number of carbonyl (C=O) groups is 1. The fraction of sp³-hybridized carbons (Fsp3) is 0.286. The zero-order valence-corrected chi connectivity index (χ0v) is 13.0. The fourth-order valence-corrected chi connectivity index (χ4v) is 3.42. The predicted octanol–water partition coefficient (Wildman–Crippen LogP) is 0.980. The van der Waals surface area contributed by atoms with E-state index in [2.05, 4.69) is 9.88 Å². The Balaban J connectivity index is 1.81. The van der Waals surface area contributed by atoms with E-state index in [-0.39, 0.29) is 23.8 Å². The minimum Gasteiger partial charge on any atom is -0.361 e. The molecule has 0 unspecified atom stereocenters. The number of nitrogens with one attached hydrogen (secondary N) is 1. The molecule has 1 aromatic carbocycles. The molecule has 1 amide bonds. The number of nitrogens with zero attached hydrogens (tertiary/aromatic N) is 2. The van der Waals surface area contributed by atoms with Crippen molar-refractivity contribution in [2.75, 3.05) is 11.9 Å². The van der Waals surface area contributed by atoms with Gasteiger partial charge >= 0.3 is 0 Å². The van der Waals surface area contributed by atoms with Crippen LogP contribution in [0.1, 0.15) is 17.0 Å². The lowest BCUT2D eigenvalue weighted by Crippen LogP contribution is -2.23. The number of fused-ring (bicyclic) bond motifs is 1. The van der Waals surface area contributed by atoms with E-state index in [1.165, 1.54) is 17.0 Å². The monoisotopic (exact) mass is 321 g/mol. The van der Waals surface area contributed by atoms with Crippen molar-refractivity contribution in [1.82, 2.24) is 9.88 Å². The van der Waals surface area contributed by atoms with Crippen molar-refractivity contribution in [1.29, 1.82) is 0 Å². The van der Waals surface area contributed by atoms with Gasteiger partial charge in [0, 0.05) is 18.8 Å². The van der Waals surface area contributed by atoms with Crippen LogP contribution in [0.4, 0.5) is 5.69 Å². The van der Waals surface area contributed by atoms with Crippen molar-refractivity contribution in [2.24, 2.45) is 0 Å². The lowest BCUT2D eigenvalue weighted by Gasteiger charge is -2.11. The van der Waals surface area contributed by atoms with Gasteiger partial charge < -0.3 is 9.42 Å². The molecule has 0 saturated heterocycles. The highest BCUT2D eigenvalue weighted by atomic mass is 32.2. The smallest absolute Gasteiger partial charge is 0.240 e. The first-order chi connectivity index (χ1) is 10.4. The van der Waals surface area contributed by atoms with Crippen LogP contribution < -0.4 is 9.62 Å². The molecular weight excluding hydrogens is 306 g/mol. The zero-order chi connectivity index (χ0) is 15.9. The predicted molar refractivity (Wildman–Crippen MR) is 78.8 cm³/mol. The van der Waals surface area contributed by atoms with Gasteiger partial charge in [-0.25, -0.2) is 13.1 Å². The Bertz CT molecular complexity index is 842. The van der Waals surface area contributed by atoms with E-state index in [0.29, 0.717) is 17.0 Å². The molecule has 0 radical (unpaired) electrons. The van der Waals surface area contributed by atoms with Crippen LogP contribution in [0.25, 0.3) is 0 Å². The Morgan fingerprint density at radius 1 is 1.36 bits per heavy atom. The van der Waals surface area contributed by atoms with Crippen LogP contribution in [0.2, 0.25) is 0 Å². The summed E-state index contributed by atoms with van der Waals surface area (Å²) in [4.78, 5) is 13.3. The molecule has 0 spiro atoms. The molecule has 0 bridgehead atoms. The maximum atomic E-state index is 12.3. The standard InChI is InChI=1S/C14H15N3O4S/c1-9-5-11(16-21-9)8-15-22(19,20)12-3-4-13-10(6-12)7-14(18)17(13)2/h3-6,15H,7-8H2,1-2H3. The van der Waals surface area contributed by atoms with Crippen LogP contribution in [0.15, 0.2) is 33.7 Å². The number of carbonyl (C=O) groups excluding carboxylic acids is 1. The third-order valence-electron chi connectivity index (χ3n) is 3.56. The summed E-state index contributed by atoms with van der Waals surface area (Å²) in [5, 5.41) is 3.74. The second-order valence-electron chi connectivity index (χ2n) is 5.17. The number of rotatable bonds is 4. The Morgan fingerprint density at radius 3 is 2.82 bits per heavy atom. The maximum Gasteiger partial charge on any atom is 0.240 e. The molecule has 1 N–H and O–H groups in total. The van der Waals surface area contributed by atoms with E-state index in [1.54, 1.807) is 26.1 Å². The van der Waals surface area contributed by atoms with Crippen molar-refractivity contribution in [3.05, 3.63) is 41.3 Å². The number of benzene rings is 1. The first-order valence-corrected chi connectivity index (χ1v) is 8.16. The number of amides is 1. The molecule has 1 aliphatic heterocycles. The normalized spacial score (nSPS) is 14.5. The molecule has 1 aromatic heterocycles. The highest BCUT2D eigenvalue weighted by Gasteiger charge is 2.26. The lowest BCUT2D eigenvalue weighted by atomic mass is 10.2. The minimum absolute atomic E-state index is 0.0458. The number of hydrogen-bond acceptors (Lipinski definition) is 5. The molecule has 2 aromatic rings. The first-order valence-electron chi connectivity index (χ1n) is 6.68. The maximum absolute atomic E-state index is 12.3. The number of anilines is 1. The van der Waals surface area contributed by atoms with Crippen LogP contribution in [0.5, 0.6) is 0 Å². The highest BCUT2D eigenvalue weighted by Crippen LogP contribution is 2.29. The second-order valence-corrected chi connectivity index (χ2v) is 6.94. The fourth-order valence-electron chi connectivity index (χ4n) is 2.37. The summed E-state index contributed by atoms with van der Waals surface area (Å²) in [5.41, 5.74) is 1.97. The zero-order valence-electron chi connectivity index (χ0n) is 12.2. The van der Waals surface area contributed by atoms with Gasteiger partial charge in [0.15, 0.2) is 0 Å². The number of aryl methyl sites for hydroxylation is 1. The Hall–Kier alpha value is -2.19. The van der Waals surface area contributed by atoms with E-state index in [0.717, 1.165) is 5.69 Å². The van der Waals surface area contributed by atoms with Crippen molar-refractivity contribution in [2.45, 2.75) is 24.8 Å². The van der Waals surface area contributed by atoms with Crippen molar-refractivity contribution in [3.8, 4) is 0 Å². The number of aromatic nitrogens is 1. The summed E-state index contributed by atoms with van der Waals surface area (Å²) in [6.07, 6.45) is 0.220. The van der Waals surface area contributed by atoms with Gasteiger partial charge in [-0.05, 0) is 30.7 Å².